The third-order valence-corrected chi connectivity index (χ3v) is 7.55. The quantitative estimate of drug-likeness (QED) is 0.319. The topological polar surface area (TPSA) is 174 Å². The number of fused-ring (bicyclic) bond motifs is 1. The van der Waals surface area contributed by atoms with Gasteiger partial charge in [0.05, 0.1) is 10.5 Å². The lowest BCUT2D eigenvalue weighted by molar-refractivity contribution is -0.384. The molecule has 1 aliphatic rings. The van der Waals surface area contributed by atoms with E-state index in [1.54, 1.807) is 19.1 Å². The van der Waals surface area contributed by atoms with E-state index in [1.807, 2.05) is 25.1 Å². The average molecular weight is 542 g/mol. The standard InChI is InChI=1S/C26H31N5O6S/c1-3-15(2)22-26(35)29-20(13-16-7-5-4-6-8-16)25(34)28-19(23(27)32)11-12-38-21-10-9-17(31(36)37)14-18(21)24(33)30-22/h4-10,14-15,19-20,22H,3,11-13H2,1-2H3,(H2,27,32)(H,28,34)(H,29,35)(H,30,33)/t15?,19?,20-,22-/m0/s1. The summed E-state index contributed by atoms with van der Waals surface area (Å²) in [4.78, 5) is 63.4. The van der Waals surface area contributed by atoms with Crippen molar-refractivity contribution in [1.29, 1.82) is 0 Å². The first-order valence-corrected chi connectivity index (χ1v) is 13.2. The third kappa shape index (κ3) is 7.31. The van der Waals surface area contributed by atoms with Crippen molar-refractivity contribution in [3.05, 3.63) is 69.8 Å². The van der Waals surface area contributed by atoms with Gasteiger partial charge in [-0.1, -0.05) is 50.6 Å². The molecule has 0 radical (unpaired) electrons. The number of nitrogens with zero attached hydrogens (tertiary/aromatic N) is 1. The monoisotopic (exact) mass is 541 g/mol. The van der Waals surface area contributed by atoms with E-state index in [0.29, 0.717) is 11.3 Å². The molecular formula is C26H31N5O6S. The van der Waals surface area contributed by atoms with Gasteiger partial charge < -0.3 is 21.7 Å². The molecule has 0 saturated carbocycles. The predicted octanol–water partition coefficient (Wildman–Crippen LogP) is 1.93. The van der Waals surface area contributed by atoms with Crippen molar-refractivity contribution in [1.82, 2.24) is 16.0 Å². The lowest BCUT2D eigenvalue weighted by atomic mass is 9.96. The van der Waals surface area contributed by atoms with Crippen LogP contribution in [0.4, 0.5) is 5.69 Å². The van der Waals surface area contributed by atoms with Gasteiger partial charge in [0, 0.05) is 29.2 Å². The van der Waals surface area contributed by atoms with Crippen LogP contribution in [-0.4, -0.2) is 52.4 Å². The summed E-state index contributed by atoms with van der Waals surface area (Å²) in [6.45, 7) is 3.64. The molecule has 2 aromatic carbocycles. The fourth-order valence-electron chi connectivity index (χ4n) is 4.02. The minimum absolute atomic E-state index is 0.0443. The Hall–Kier alpha value is -3.93. The van der Waals surface area contributed by atoms with Gasteiger partial charge in [0.2, 0.25) is 17.7 Å². The van der Waals surface area contributed by atoms with Crippen molar-refractivity contribution in [2.45, 2.75) is 56.1 Å². The Morgan fingerprint density at radius 2 is 1.82 bits per heavy atom. The molecule has 3 rings (SSSR count). The van der Waals surface area contributed by atoms with Crippen LogP contribution in [0.1, 0.15) is 42.6 Å². The molecule has 5 N–H and O–H groups in total. The number of hydrogen-bond acceptors (Lipinski definition) is 7. The summed E-state index contributed by atoms with van der Waals surface area (Å²) < 4.78 is 0. The largest absolute Gasteiger partial charge is 0.368 e. The molecule has 0 aliphatic carbocycles. The summed E-state index contributed by atoms with van der Waals surface area (Å²) in [6.07, 6.45) is 0.828. The van der Waals surface area contributed by atoms with Gasteiger partial charge in [0.15, 0.2) is 0 Å². The average Bonchev–Trinajstić information content (AvgIpc) is 2.90. The molecule has 1 heterocycles. The molecule has 38 heavy (non-hydrogen) atoms. The van der Waals surface area contributed by atoms with Crippen molar-refractivity contribution in [2.75, 3.05) is 5.75 Å². The Balaban J connectivity index is 2.03. The van der Waals surface area contributed by atoms with Gasteiger partial charge in [0.25, 0.3) is 11.6 Å². The van der Waals surface area contributed by atoms with E-state index >= 15 is 0 Å². The van der Waals surface area contributed by atoms with Crippen LogP contribution in [0.2, 0.25) is 0 Å². The lowest BCUT2D eigenvalue weighted by Crippen LogP contribution is -2.58. The first-order valence-electron chi connectivity index (χ1n) is 12.3. The normalized spacial score (nSPS) is 21.6. The van der Waals surface area contributed by atoms with Gasteiger partial charge in [-0.05, 0) is 24.0 Å². The molecule has 12 heteroatoms. The fourth-order valence-corrected chi connectivity index (χ4v) is 5.07. The second kappa shape index (κ2) is 13.0. The van der Waals surface area contributed by atoms with Gasteiger partial charge >= 0.3 is 0 Å². The number of nitro benzene ring substituents is 1. The number of amides is 4. The van der Waals surface area contributed by atoms with E-state index in [1.165, 1.54) is 30.0 Å². The zero-order valence-electron chi connectivity index (χ0n) is 21.1. The number of non-ortho nitro benzene ring substituents is 1. The maximum Gasteiger partial charge on any atom is 0.270 e. The highest BCUT2D eigenvalue weighted by Gasteiger charge is 2.33. The summed E-state index contributed by atoms with van der Waals surface area (Å²) >= 11 is 1.20. The van der Waals surface area contributed by atoms with E-state index in [4.69, 9.17) is 5.73 Å². The van der Waals surface area contributed by atoms with Gasteiger partial charge in [0.1, 0.15) is 18.1 Å². The molecule has 0 spiro atoms. The van der Waals surface area contributed by atoms with Crippen LogP contribution in [-0.2, 0) is 20.8 Å². The van der Waals surface area contributed by atoms with Crippen LogP contribution in [0, 0.1) is 16.0 Å². The van der Waals surface area contributed by atoms with E-state index < -0.39 is 46.7 Å². The number of carbonyl (C=O) groups excluding carboxylic acids is 4. The van der Waals surface area contributed by atoms with Crippen molar-refractivity contribution in [3.63, 3.8) is 0 Å². The molecule has 1 aliphatic heterocycles. The summed E-state index contributed by atoms with van der Waals surface area (Å²) in [6, 6.07) is 9.88. The van der Waals surface area contributed by atoms with E-state index in [0.717, 1.165) is 5.56 Å². The Morgan fingerprint density at radius 1 is 1.11 bits per heavy atom. The molecular weight excluding hydrogens is 510 g/mol. The number of nitrogens with one attached hydrogen (secondary N) is 3. The van der Waals surface area contributed by atoms with Crippen LogP contribution in [0.25, 0.3) is 0 Å². The molecule has 2 unspecified atom stereocenters. The molecule has 2 aromatic rings. The molecule has 4 atom stereocenters. The molecule has 0 bridgehead atoms. The number of rotatable bonds is 6. The zero-order chi connectivity index (χ0) is 27.8. The number of nitrogens with two attached hydrogens (primary N) is 1. The highest BCUT2D eigenvalue weighted by Crippen LogP contribution is 2.28. The smallest absolute Gasteiger partial charge is 0.270 e. The highest BCUT2D eigenvalue weighted by atomic mass is 32.2. The van der Waals surface area contributed by atoms with Crippen molar-refractivity contribution < 1.29 is 24.1 Å². The van der Waals surface area contributed by atoms with Crippen molar-refractivity contribution in [2.24, 2.45) is 11.7 Å². The van der Waals surface area contributed by atoms with E-state index in [9.17, 15) is 29.3 Å². The summed E-state index contributed by atoms with van der Waals surface area (Å²) in [5.41, 5.74) is 6.11. The Bertz CT molecular complexity index is 1210. The van der Waals surface area contributed by atoms with Crippen molar-refractivity contribution in [3.8, 4) is 0 Å². The van der Waals surface area contributed by atoms with Crippen LogP contribution >= 0.6 is 11.8 Å². The van der Waals surface area contributed by atoms with E-state index in [-0.39, 0.29) is 35.8 Å². The predicted molar refractivity (Wildman–Crippen MR) is 142 cm³/mol. The summed E-state index contributed by atoms with van der Waals surface area (Å²) in [7, 11) is 0. The second-order valence-electron chi connectivity index (χ2n) is 9.13. The molecule has 0 aromatic heterocycles. The number of primary amides is 1. The first kappa shape index (κ1) is 28.6. The molecule has 0 fully saturated rings. The van der Waals surface area contributed by atoms with Crippen molar-refractivity contribution >= 4 is 41.1 Å². The second-order valence-corrected chi connectivity index (χ2v) is 10.3. The summed E-state index contributed by atoms with van der Waals surface area (Å²) in [5, 5.41) is 19.5. The number of thioether (sulfide) groups is 1. The SMILES string of the molecule is CCC(C)[C@@H]1NC(=O)c2cc([N+](=O)[O-])ccc2SCCC(C(N)=O)NC(=O)[C@H](Cc2ccccc2)NC1=O. The molecule has 11 nitrogen and oxygen atoms in total. The van der Waals surface area contributed by atoms with E-state index in [2.05, 4.69) is 16.0 Å². The minimum Gasteiger partial charge on any atom is -0.368 e. The van der Waals surface area contributed by atoms with Crippen LogP contribution < -0.4 is 21.7 Å². The maximum absolute atomic E-state index is 13.5. The Morgan fingerprint density at radius 3 is 2.45 bits per heavy atom. The van der Waals surface area contributed by atoms with Gasteiger partial charge in [-0.3, -0.25) is 29.3 Å². The zero-order valence-corrected chi connectivity index (χ0v) is 22.0. The van der Waals surface area contributed by atoms with Gasteiger partial charge in [-0.2, -0.15) is 0 Å². The van der Waals surface area contributed by atoms with Crippen LogP contribution in [0.3, 0.4) is 0 Å². The summed E-state index contributed by atoms with van der Waals surface area (Å²) in [5.74, 6) is -2.58. The number of benzene rings is 2. The Labute approximate surface area is 224 Å². The van der Waals surface area contributed by atoms with Gasteiger partial charge in [-0.25, -0.2) is 0 Å². The van der Waals surface area contributed by atoms with Crippen LogP contribution in [0.15, 0.2) is 53.4 Å². The molecule has 4 amide bonds. The minimum atomic E-state index is -1.04. The van der Waals surface area contributed by atoms with Crippen LogP contribution in [0.5, 0.6) is 0 Å². The first-order chi connectivity index (χ1) is 18.1. The third-order valence-electron chi connectivity index (χ3n) is 6.44. The number of hydrogen-bond donors (Lipinski definition) is 4. The number of carbonyl (C=O) groups is 4. The highest BCUT2D eigenvalue weighted by molar-refractivity contribution is 7.99. The fraction of sp³-hybridized carbons (Fsp3) is 0.385. The van der Waals surface area contributed by atoms with Gasteiger partial charge in [-0.15, -0.1) is 11.8 Å². The molecule has 0 saturated heterocycles. The number of nitro groups is 1. The Kier molecular flexibility index (Phi) is 9.83. The molecule has 202 valence electrons. The lowest BCUT2D eigenvalue weighted by Gasteiger charge is -2.28. The maximum atomic E-state index is 13.5.